The number of aliphatic hydroxyl groups is 1. The van der Waals surface area contributed by atoms with Crippen LogP contribution in [-0.2, 0) is 11.3 Å². The molecule has 1 aliphatic heterocycles. The Kier molecular flexibility index (Phi) is 3.22. The molecule has 7 nitrogen and oxygen atoms in total. The van der Waals surface area contributed by atoms with Crippen LogP contribution in [0.5, 0.6) is 0 Å². The predicted molar refractivity (Wildman–Crippen MR) is 66.0 cm³/mol. The molecule has 0 aromatic carbocycles. The number of carbonyl (C=O) groups is 1. The Morgan fingerprint density at radius 1 is 1.37 bits per heavy atom. The fourth-order valence-corrected chi connectivity index (χ4v) is 3.21. The van der Waals surface area contributed by atoms with E-state index in [0.29, 0.717) is 26.1 Å². The highest BCUT2D eigenvalue weighted by molar-refractivity contribution is 5.76. The molecule has 2 bridgehead atoms. The van der Waals surface area contributed by atoms with Gasteiger partial charge in [-0.2, -0.15) is 0 Å². The molecular formula is C12H19N5O2. The van der Waals surface area contributed by atoms with Crippen molar-refractivity contribution in [2.75, 3.05) is 13.1 Å². The van der Waals surface area contributed by atoms with Crippen LogP contribution in [-0.4, -0.2) is 55.3 Å². The topological polar surface area (TPSA) is 84.1 Å². The number of piperidine rings is 1. The Hall–Kier alpha value is -1.50. The van der Waals surface area contributed by atoms with Crippen molar-refractivity contribution in [3.05, 3.63) is 5.82 Å². The summed E-state index contributed by atoms with van der Waals surface area (Å²) in [7, 11) is 0. The van der Waals surface area contributed by atoms with Crippen LogP contribution in [0.3, 0.4) is 0 Å². The monoisotopic (exact) mass is 265 g/mol. The van der Waals surface area contributed by atoms with Crippen LogP contribution in [0.15, 0.2) is 0 Å². The summed E-state index contributed by atoms with van der Waals surface area (Å²) < 4.78 is 1.64. The molecule has 1 amide bonds. The third kappa shape index (κ3) is 2.34. The number of nitrogens with zero attached hydrogens (tertiary/aromatic N) is 5. The third-order valence-corrected chi connectivity index (χ3v) is 4.39. The predicted octanol–water partition coefficient (Wildman–Crippen LogP) is -0.399. The molecule has 1 aliphatic carbocycles. The number of aliphatic hydroxyl groups excluding tert-OH is 1. The Labute approximate surface area is 111 Å². The third-order valence-electron chi connectivity index (χ3n) is 4.39. The minimum Gasteiger partial charge on any atom is -0.392 e. The van der Waals surface area contributed by atoms with Crippen molar-refractivity contribution in [1.82, 2.24) is 25.1 Å². The lowest BCUT2D eigenvalue weighted by Gasteiger charge is -2.35. The van der Waals surface area contributed by atoms with Gasteiger partial charge in [0.2, 0.25) is 5.91 Å². The Morgan fingerprint density at radius 3 is 2.63 bits per heavy atom. The molecule has 2 aliphatic rings. The van der Waals surface area contributed by atoms with Gasteiger partial charge in [0.15, 0.2) is 0 Å². The van der Waals surface area contributed by atoms with E-state index in [1.54, 1.807) is 4.68 Å². The SMILES string of the molecule is Cc1nnnn1CCC(=O)N1C[C@H]2CC[C@@H](C1)C2O. The number of hydrogen-bond donors (Lipinski definition) is 1. The highest BCUT2D eigenvalue weighted by atomic mass is 16.3. The van der Waals surface area contributed by atoms with Gasteiger partial charge in [0.25, 0.3) is 0 Å². The summed E-state index contributed by atoms with van der Waals surface area (Å²) in [5.74, 6) is 1.41. The minimum atomic E-state index is -0.203. The van der Waals surface area contributed by atoms with Crippen molar-refractivity contribution in [2.24, 2.45) is 11.8 Å². The number of aryl methyl sites for hydroxylation is 2. The first kappa shape index (κ1) is 12.5. The molecule has 1 saturated carbocycles. The maximum Gasteiger partial charge on any atom is 0.224 e. The van der Waals surface area contributed by atoms with E-state index in [1.807, 2.05) is 11.8 Å². The molecule has 0 spiro atoms. The van der Waals surface area contributed by atoms with Gasteiger partial charge in [0, 0.05) is 31.3 Å². The van der Waals surface area contributed by atoms with E-state index >= 15 is 0 Å². The van der Waals surface area contributed by atoms with Crippen molar-refractivity contribution >= 4 is 5.91 Å². The summed E-state index contributed by atoms with van der Waals surface area (Å²) >= 11 is 0. The summed E-state index contributed by atoms with van der Waals surface area (Å²) in [5.41, 5.74) is 0. The number of carbonyl (C=O) groups excluding carboxylic acids is 1. The molecule has 1 aromatic heterocycles. The van der Waals surface area contributed by atoms with E-state index in [9.17, 15) is 9.90 Å². The van der Waals surface area contributed by atoms with E-state index < -0.39 is 0 Å². The van der Waals surface area contributed by atoms with Gasteiger partial charge >= 0.3 is 0 Å². The Bertz CT molecular complexity index is 460. The quantitative estimate of drug-likeness (QED) is 0.804. The number of aromatic nitrogens is 4. The van der Waals surface area contributed by atoms with Gasteiger partial charge in [0.1, 0.15) is 5.82 Å². The molecule has 1 N–H and O–H groups in total. The van der Waals surface area contributed by atoms with Crippen LogP contribution in [0, 0.1) is 18.8 Å². The molecule has 7 heteroatoms. The van der Waals surface area contributed by atoms with Crippen LogP contribution in [0.25, 0.3) is 0 Å². The molecule has 2 fully saturated rings. The van der Waals surface area contributed by atoms with Gasteiger partial charge in [-0.1, -0.05) is 0 Å². The molecule has 3 rings (SSSR count). The zero-order valence-electron chi connectivity index (χ0n) is 11.1. The fraction of sp³-hybridized carbons (Fsp3) is 0.833. The van der Waals surface area contributed by atoms with Gasteiger partial charge in [-0.15, -0.1) is 5.10 Å². The first-order valence-corrected chi connectivity index (χ1v) is 6.84. The van der Waals surface area contributed by atoms with E-state index in [0.717, 1.165) is 18.7 Å². The second-order valence-corrected chi connectivity index (χ2v) is 5.59. The van der Waals surface area contributed by atoms with E-state index in [4.69, 9.17) is 0 Å². The first-order chi connectivity index (χ1) is 9.15. The summed E-state index contributed by atoms with van der Waals surface area (Å²) in [6.45, 7) is 3.74. The van der Waals surface area contributed by atoms with Gasteiger partial charge < -0.3 is 10.0 Å². The smallest absolute Gasteiger partial charge is 0.224 e. The average molecular weight is 265 g/mol. The fourth-order valence-electron chi connectivity index (χ4n) is 3.21. The van der Waals surface area contributed by atoms with Crippen molar-refractivity contribution < 1.29 is 9.90 Å². The average Bonchev–Trinajstić information content (AvgIpc) is 2.87. The second-order valence-electron chi connectivity index (χ2n) is 5.59. The number of fused-ring (bicyclic) bond motifs is 2. The summed E-state index contributed by atoms with van der Waals surface area (Å²) in [6, 6.07) is 0. The molecule has 104 valence electrons. The van der Waals surface area contributed by atoms with Crippen molar-refractivity contribution in [1.29, 1.82) is 0 Å². The van der Waals surface area contributed by atoms with Crippen molar-refractivity contribution in [3.8, 4) is 0 Å². The van der Waals surface area contributed by atoms with Gasteiger partial charge in [-0.05, 0) is 30.2 Å². The lowest BCUT2D eigenvalue weighted by Crippen LogP contribution is -2.47. The highest BCUT2D eigenvalue weighted by Gasteiger charge is 2.41. The van der Waals surface area contributed by atoms with E-state index in [2.05, 4.69) is 15.5 Å². The van der Waals surface area contributed by atoms with Gasteiger partial charge in [-0.3, -0.25) is 4.79 Å². The lowest BCUT2D eigenvalue weighted by molar-refractivity contribution is -0.135. The highest BCUT2D eigenvalue weighted by Crippen LogP contribution is 2.36. The lowest BCUT2D eigenvalue weighted by atomic mass is 9.95. The maximum absolute atomic E-state index is 12.2. The maximum atomic E-state index is 12.2. The van der Waals surface area contributed by atoms with Crippen LogP contribution in [0.1, 0.15) is 25.1 Å². The summed E-state index contributed by atoms with van der Waals surface area (Å²) in [6.07, 6.45) is 2.30. The number of rotatable bonds is 3. The zero-order chi connectivity index (χ0) is 13.4. The molecule has 1 aromatic rings. The van der Waals surface area contributed by atoms with Gasteiger partial charge in [0.05, 0.1) is 12.6 Å². The molecule has 0 radical (unpaired) electrons. The van der Waals surface area contributed by atoms with Crippen LogP contribution < -0.4 is 0 Å². The summed E-state index contributed by atoms with van der Waals surface area (Å²) in [4.78, 5) is 14.1. The molecule has 2 heterocycles. The molecule has 3 atom stereocenters. The molecule has 1 unspecified atom stereocenters. The Balaban J connectivity index is 1.55. The van der Waals surface area contributed by atoms with E-state index in [1.165, 1.54) is 0 Å². The van der Waals surface area contributed by atoms with Gasteiger partial charge in [-0.25, -0.2) is 4.68 Å². The minimum absolute atomic E-state index is 0.138. The van der Waals surface area contributed by atoms with E-state index in [-0.39, 0.29) is 23.8 Å². The number of amides is 1. The number of likely N-dealkylation sites (tertiary alicyclic amines) is 1. The van der Waals surface area contributed by atoms with Crippen LogP contribution in [0.4, 0.5) is 0 Å². The number of tetrazole rings is 1. The standard InChI is InChI=1S/C12H19N5O2/c1-8-13-14-15-17(8)5-4-11(18)16-6-9-2-3-10(7-16)12(9)19/h9-10,12,19H,2-7H2,1H3/t9-,10+,12?. The normalized spacial score (nSPS) is 29.8. The first-order valence-electron chi connectivity index (χ1n) is 6.84. The van der Waals surface area contributed by atoms with Crippen molar-refractivity contribution in [2.45, 2.75) is 38.8 Å². The molecule has 19 heavy (non-hydrogen) atoms. The van der Waals surface area contributed by atoms with Crippen molar-refractivity contribution in [3.63, 3.8) is 0 Å². The second kappa shape index (κ2) is 4.88. The summed E-state index contributed by atoms with van der Waals surface area (Å²) in [5, 5.41) is 21.1. The zero-order valence-corrected chi connectivity index (χ0v) is 11.1. The largest absolute Gasteiger partial charge is 0.392 e. The Morgan fingerprint density at radius 2 is 2.05 bits per heavy atom. The molecule has 1 saturated heterocycles. The van der Waals surface area contributed by atoms with Crippen LogP contribution >= 0.6 is 0 Å². The number of hydrogen-bond acceptors (Lipinski definition) is 5. The van der Waals surface area contributed by atoms with Crippen LogP contribution in [0.2, 0.25) is 0 Å². The molecular weight excluding hydrogens is 246 g/mol.